The molecule has 0 aromatic heterocycles. The van der Waals surface area contributed by atoms with Gasteiger partial charge in [0.2, 0.25) is 0 Å². The minimum Gasteiger partial charge on any atom is -0.493 e. The van der Waals surface area contributed by atoms with Crippen molar-refractivity contribution in [3.63, 3.8) is 0 Å². The molecule has 2 aromatic rings. The molecule has 0 atom stereocenters. The van der Waals surface area contributed by atoms with Gasteiger partial charge in [0.05, 0.1) is 12.2 Å². The fourth-order valence-electron chi connectivity index (χ4n) is 3.23. The first kappa shape index (κ1) is 18.3. The van der Waals surface area contributed by atoms with Crippen LogP contribution in [-0.2, 0) is 0 Å². The predicted octanol–water partition coefficient (Wildman–Crippen LogP) is 2.64. The van der Waals surface area contributed by atoms with E-state index in [0.717, 1.165) is 32.7 Å². The number of rotatable bonds is 7. The predicted molar refractivity (Wildman–Crippen MR) is 105 cm³/mol. The maximum Gasteiger partial charge on any atom is 0.255 e. The number of ether oxygens (including phenoxy) is 1. The second-order valence-electron chi connectivity index (χ2n) is 6.35. The van der Waals surface area contributed by atoms with Crippen LogP contribution in [0.1, 0.15) is 17.3 Å². The fourth-order valence-corrected chi connectivity index (χ4v) is 3.23. The second-order valence-corrected chi connectivity index (χ2v) is 6.35. The number of para-hydroxylation sites is 2. The lowest BCUT2D eigenvalue weighted by Crippen LogP contribution is -2.48. The number of amides is 1. The van der Waals surface area contributed by atoms with Crippen LogP contribution in [0.2, 0.25) is 0 Å². The Morgan fingerprint density at radius 1 is 1.00 bits per heavy atom. The van der Waals surface area contributed by atoms with Crippen LogP contribution in [0.4, 0.5) is 5.69 Å². The Labute approximate surface area is 155 Å². The molecule has 0 radical (unpaired) electrons. The number of anilines is 1. The molecule has 5 nitrogen and oxygen atoms in total. The van der Waals surface area contributed by atoms with Crippen molar-refractivity contribution in [3.8, 4) is 5.75 Å². The van der Waals surface area contributed by atoms with Gasteiger partial charge < -0.3 is 15.0 Å². The highest BCUT2D eigenvalue weighted by Gasteiger charge is 2.17. The molecule has 138 valence electrons. The molecule has 0 spiro atoms. The lowest BCUT2D eigenvalue weighted by Gasteiger charge is -2.36. The highest BCUT2D eigenvalue weighted by molar-refractivity contribution is 5.96. The van der Waals surface area contributed by atoms with Gasteiger partial charge in [0.1, 0.15) is 5.75 Å². The standard InChI is InChI=1S/C21H27N3O2/c1-2-26-20-11-7-6-10-19(20)21(25)22-12-13-23-14-16-24(17-15-23)18-8-4-3-5-9-18/h3-11H,2,12-17H2,1H3,(H,22,25). The minimum atomic E-state index is -0.0722. The zero-order chi connectivity index (χ0) is 18.2. The van der Waals surface area contributed by atoms with E-state index in [0.29, 0.717) is 24.5 Å². The third-order valence-electron chi connectivity index (χ3n) is 4.64. The molecule has 0 saturated carbocycles. The molecule has 5 heteroatoms. The average Bonchev–Trinajstić information content (AvgIpc) is 2.70. The van der Waals surface area contributed by atoms with Crippen LogP contribution in [0, 0.1) is 0 Å². The number of benzene rings is 2. The molecule has 2 aromatic carbocycles. The molecular weight excluding hydrogens is 326 g/mol. The summed E-state index contributed by atoms with van der Waals surface area (Å²) in [4.78, 5) is 17.2. The molecular formula is C21H27N3O2. The maximum absolute atomic E-state index is 12.4. The molecule has 1 fully saturated rings. The number of hydrogen-bond donors (Lipinski definition) is 1. The summed E-state index contributed by atoms with van der Waals surface area (Å²) < 4.78 is 5.53. The summed E-state index contributed by atoms with van der Waals surface area (Å²) in [5.41, 5.74) is 1.89. The summed E-state index contributed by atoms with van der Waals surface area (Å²) in [7, 11) is 0. The Kier molecular flexibility index (Phi) is 6.50. The van der Waals surface area contributed by atoms with Gasteiger partial charge in [-0.05, 0) is 31.2 Å². The van der Waals surface area contributed by atoms with E-state index >= 15 is 0 Å². The second kappa shape index (κ2) is 9.25. The summed E-state index contributed by atoms with van der Waals surface area (Å²) in [5, 5.41) is 3.01. The SMILES string of the molecule is CCOc1ccccc1C(=O)NCCN1CCN(c2ccccc2)CC1. The van der Waals surface area contributed by atoms with Gasteiger partial charge in [-0.1, -0.05) is 30.3 Å². The Hall–Kier alpha value is -2.53. The molecule has 0 bridgehead atoms. The molecule has 1 aliphatic heterocycles. The normalized spacial score (nSPS) is 14.9. The zero-order valence-corrected chi connectivity index (χ0v) is 15.4. The van der Waals surface area contributed by atoms with Crippen molar-refractivity contribution in [2.24, 2.45) is 0 Å². The Balaban J connectivity index is 1.43. The van der Waals surface area contributed by atoms with E-state index in [1.165, 1.54) is 5.69 Å². The number of piperazine rings is 1. The van der Waals surface area contributed by atoms with E-state index in [1.54, 1.807) is 6.07 Å². The van der Waals surface area contributed by atoms with Crippen molar-refractivity contribution in [3.05, 3.63) is 60.2 Å². The molecule has 26 heavy (non-hydrogen) atoms. The number of carbonyl (C=O) groups excluding carboxylic acids is 1. The molecule has 0 aliphatic carbocycles. The van der Waals surface area contributed by atoms with Crippen LogP contribution in [0.25, 0.3) is 0 Å². The molecule has 3 rings (SSSR count). The van der Waals surface area contributed by atoms with Crippen molar-refractivity contribution in [1.82, 2.24) is 10.2 Å². The number of carbonyl (C=O) groups is 1. The summed E-state index contributed by atoms with van der Waals surface area (Å²) in [6, 6.07) is 17.9. The summed E-state index contributed by atoms with van der Waals surface area (Å²) in [6.45, 7) is 8.05. The third-order valence-corrected chi connectivity index (χ3v) is 4.64. The number of nitrogens with one attached hydrogen (secondary N) is 1. The molecule has 1 heterocycles. The van der Waals surface area contributed by atoms with Crippen LogP contribution >= 0.6 is 0 Å². The topological polar surface area (TPSA) is 44.8 Å². The van der Waals surface area contributed by atoms with Gasteiger partial charge in [-0.15, -0.1) is 0 Å². The molecule has 0 unspecified atom stereocenters. The van der Waals surface area contributed by atoms with Crippen LogP contribution in [0.15, 0.2) is 54.6 Å². The lowest BCUT2D eigenvalue weighted by atomic mass is 10.2. The van der Waals surface area contributed by atoms with E-state index in [2.05, 4.69) is 39.4 Å². The van der Waals surface area contributed by atoms with Crippen molar-refractivity contribution in [1.29, 1.82) is 0 Å². The highest BCUT2D eigenvalue weighted by Crippen LogP contribution is 2.18. The van der Waals surface area contributed by atoms with E-state index < -0.39 is 0 Å². The Morgan fingerprint density at radius 3 is 2.42 bits per heavy atom. The summed E-state index contributed by atoms with van der Waals surface area (Å²) in [5.74, 6) is 0.570. The van der Waals surface area contributed by atoms with Gasteiger partial charge >= 0.3 is 0 Å². The fraction of sp³-hybridized carbons (Fsp3) is 0.381. The molecule has 1 aliphatic rings. The minimum absolute atomic E-state index is 0.0722. The quantitative estimate of drug-likeness (QED) is 0.831. The summed E-state index contributed by atoms with van der Waals surface area (Å²) >= 11 is 0. The first-order valence-corrected chi connectivity index (χ1v) is 9.30. The van der Waals surface area contributed by atoms with Gasteiger partial charge in [-0.3, -0.25) is 9.69 Å². The van der Waals surface area contributed by atoms with Gasteiger partial charge in [-0.25, -0.2) is 0 Å². The van der Waals surface area contributed by atoms with Crippen molar-refractivity contribution in [2.45, 2.75) is 6.92 Å². The van der Waals surface area contributed by atoms with Crippen molar-refractivity contribution in [2.75, 3.05) is 50.8 Å². The molecule has 1 saturated heterocycles. The van der Waals surface area contributed by atoms with Crippen LogP contribution in [0.5, 0.6) is 5.75 Å². The lowest BCUT2D eigenvalue weighted by molar-refractivity contribution is 0.0944. The van der Waals surface area contributed by atoms with Crippen LogP contribution in [0.3, 0.4) is 0 Å². The van der Waals surface area contributed by atoms with Crippen LogP contribution < -0.4 is 15.0 Å². The monoisotopic (exact) mass is 353 g/mol. The molecule has 1 N–H and O–H groups in total. The summed E-state index contributed by atoms with van der Waals surface area (Å²) in [6.07, 6.45) is 0. The molecule has 1 amide bonds. The van der Waals surface area contributed by atoms with E-state index in [4.69, 9.17) is 4.74 Å². The Bertz CT molecular complexity index is 697. The first-order chi connectivity index (χ1) is 12.8. The Morgan fingerprint density at radius 2 is 1.69 bits per heavy atom. The highest BCUT2D eigenvalue weighted by atomic mass is 16.5. The number of nitrogens with zero attached hydrogens (tertiary/aromatic N) is 2. The maximum atomic E-state index is 12.4. The number of hydrogen-bond acceptors (Lipinski definition) is 4. The average molecular weight is 353 g/mol. The van der Waals surface area contributed by atoms with Crippen molar-refractivity contribution < 1.29 is 9.53 Å². The van der Waals surface area contributed by atoms with Crippen LogP contribution in [-0.4, -0.2) is 56.7 Å². The van der Waals surface area contributed by atoms with E-state index in [9.17, 15) is 4.79 Å². The van der Waals surface area contributed by atoms with E-state index in [1.807, 2.05) is 31.2 Å². The smallest absolute Gasteiger partial charge is 0.255 e. The van der Waals surface area contributed by atoms with Gasteiger partial charge in [0, 0.05) is 45.0 Å². The van der Waals surface area contributed by atoms with Crippen molar-refractivity contribution >= 4 is 11.6 Å². The zero-order valence-electron chi connectivity index (χ0n) is 15.4. The third kappa shape index (κ3) is 4.76. The van der Waals surface area contributed by atoms with Gasteiger partial charge in [0.25, 0.3) is 5.91 Å². The van der Waals surface area contributed by atoms with E-state index in [-0.39, 0.29) is 5.91 Å². The first-order valence-electron chi connectivity index (χ1n) is 9.30. The van der Waals surface area contributed by atoms with Gasteiger partial charge in [0.15, 0.2) is 0 Å². The van der Waals surface area contributed by atoms with Gasteiger partial charge in [-0.2, -0.15) is 0 Å². The largest absolute Gasteiger partial charge is 0.493 e.